The van der Waals surface area contributed by atoms with Gasteiger partial charge in [-0.25, -0.2) is 45.5 Å². The summed E-state index contributed by atoms with van der Waals surface area (Å²) in [6, 6.07) is 0. The van der Waals surface area contributed by atoms with Gasteiger partial charge in [-0.2, -0.15) is 0 Å². The van der Waals surface area contributed by atoms with E-state index in [0.717, 1.165) is 0 Å². The molecule has 0 fully saturated rings. The van der Waals surface area contributed by atoms with Gasteiger partial charge in [0.15, 0.2) is 23.3 Å². The number of hydrogen-bond acceptors (Lipinski definition) is 8. The van der Waals surface area contributed by atoms with E-state index in [9.17, 15) is 36.7 Å². The van der Waals surface area contributed by atoms with Gasteiger partial charge in [0.25, 0.3) is 0 Å². The molecular formula is C20H12F6O8. The SMILES string of the molecule is COC(=O)c1c(F)c(F)c(-c2c(F)c(F)c(C(=O)OC)c(C(=O)OC)c2F)c(F)c1C(=O)OC. The van der Waals surface area contributed by atoms with Crippen molar-refractivity contribution in [2.45, 2.75) is 0 Å². The number of rotatable bonds is 5. The summed E-state index contributed by atoms with van der Waals surface area (Å²) < 4.78 is 106. The van der Waals surface area contributed by atoms with Crippen LogP contribution in [0.5, 0.6) is 0 Å². The first-order valence-electron chi connectivity index (χ1n) is 8.65. The van der Waals surface area contributed by atoms with Crippen molar-refractivity contribution in [3.05, 3.63) is 57.2 Å². The van der Waals surface area contributed by atoms with Gasteiger partial charge in [-0.1, -0.05) is 0 Å². The summed E-state index contributed by atoms with van der Waals surface area (Å²) in [6.07, 6.45) is 0. The molecule has 14 heteroatoms. The molecule has 0 aliphatic rings. The van der Waals surface area contributed by atoms with Crippen LogP contribution in [0.15, 0.2) is 0 Å². The monoisotopic (exact) mass is 494 g/mol. The third-order valence-electron chi connectivity index (χ3n) is 4.45. The molecule has 0 saturated heterocycles. The molecule has 0 saturated carbocycles. The van der Waals surface area contributed by atoms with Crippen LogP contribution in [0.1, 0.15) is 41.4 Å². The molecule has 2 aromatic carbocycles. The van der Waals surface area contributed by atoms with E-state index in [-0.39, 0.29) is 0 Å². The third-order valence-corrected chi connectivity index (χ3v) is 4.45. The summed E-state index contributed by atoms with van der Waals surface area (Å²) in [6.45, 7) is 0. The molecule has 2 rings (SSSR count). The molecule has 0 bridgehead atoms. The van der Waals surface area contributed by atoms with E-state index in [1.54, 1.807) is 0 Å². The Hall–Kier alpha value is -4.10. The molecule has 0 heterocycles. The van der Waals surface area contributed by atoms with E-state index in [1.165, 1.54) is 0 Å². The van der Waals surface area contributed by atoms with Crippen LogP contribution < -0.4 is 0 Å². The van der Waals surface area contributed by atoms with Crippen molar-refractivity contribution in [1.82, 2.24) is 0 Å². The largest absolute Gasteiger partial charge is 0.465 e. The number of carbonyl (C=O) groups excluding carboxylic acids is 4. The van der Waals surface area contributed by atoms with E-state index in [1.807, 2.05) is 0 Å². The van der Waals surface area contributed by atoms with Crippen molar-refractivity contribution in [2.75, 3.05) is 28.4 Å². The van der Waals surface area contributed by atoms with Crippen LogP contribution in [0, 0.1) is 34.9 Å². The lowest BCUT2D eigenvalue weighted by molar-refractivity contribution is 0.0544. The predicted octanol–water partition coefficient (Wildman–Crippen LogP) is 3.33. The molecule has 0 atom stereocenters. The average Bonchev–Trinajstić information content (AvgIpc) is 2.83. The van der Waals surface area contributed by atoms with Crippen molar-refractivity contribution in [2.24, 2.45) is 0 Å². The number of methoxy groups -OCH3 is 4. The second-order valence-electron chi connectivity index (χ2n) is 6.10. The fraction of sp³-hybridized carbons (Fsp3) is 0.200. The summed E-state index contributed by atoms with van der Waals surface area (Å²) in [5.74, 6) is -21.3. The minimum Gasteiger partial charge on any atom is -0.465 e. The second kappa shape index (κ2) is 9.80. The van der Waals surface area contributed by atoms with Crippen LogP contribution in [-0.4, -0.2) is 52.3 Å². The first-order valence-corrected chi connectivity index (χ1v) is 8.65. The Bertz CT molecular complexity index is 1150. The Morgan fingerprint density at radius 3 is 0.824 bits per heavy atom. The quantitative estimate of drug-likeness (QED) is 0.270. The van der Waals surface area contributed by atoms with Crippen LogP contribution in [0.2, 0.25) is 0 Å². The Kier molecular flexibility index (Phi) is 7.54. The van der Waals surface area contributed by atoms with Gasteiger partial charge in [0.05, 0.1) is 39.6 Å². The molecule has 0 spiro atoms. The van der Waals surface area contributed by atoms with Crippen LogP contribution in [0.3, 0.4) is 0 Å². The summed E-state index contributed by atoms with van der Waals surface area (Å²) in [5.41, 5.74) is -10.7. The molecule has 0 aliphatic carbocycles. The number of halogens is 6. The van der Waals surface area contributed by atoms with Crippen molar-refractivity contribution in [1.29, 1.82) is 0 Å². The zero-order valence-corrected chi connectivity index (χ0v) is 17.5. The Morgan fingerprint density at radius 1 is 0.412 bits per heavy atom. The molecule has 0 aliphatic heterocycles. The molecule has 0 radical (unpaired) electrons. The maximum absolute atomic E-state index is 15.2. The lowest BCUT2D eigenvalue weighted by Gasteiger charge is -2.17. The summed E-state index contributed by atoms with van der Waals surface area (Å²) >= 11 is 0. The molecule has 0 unspecified atom stereocenters. The number of hydrogen-bond donors (Lipinski definition) is 0. The average molecular weight is 494 g/mol. The normalized spacial score (nSPS) is 10.5. The van der Waals surface area contributed by atoms with Crippen molar-refractivity contribution >= 4 is 23.9 Å². The molecule has 0 aromatic heterocycles. The van der Waals surface area contributed by atoms with Gasteiger partial charge in [0.1, 0.15) is 33.9 Å². The molecule has 182 valence electrons. The minimum absolute atomic E-state index is 0.644. The molecule has 0 N–H and O–H groups in total. The second-order valence-corrected chi connectivity index (χ2v) is 6.10. The first-order chi connectivity index (χ1) is 15.9. The van der Waals surface area contributed by atoms with Crippen LogP contribution in [0.25, 0.3) is 11.1 Å². The fourth-order valence-corrected chi connectivity index (χ4v) is 2.93. The van der Waals surface area contributed by atoms with Crippen LogP contribution in [-0.2, 0) is 18.9 Å². The van der Waals surface area contributed by atoms with E-state index < -0.39 is 92.2 Å². The molecule has 2 aromatic rings. The number of benzene rings is 2. The summed E-state index contributed by atoms with van der Waals surface area (Å²) in [7, 11) is 2.61. The van der Waals surface area contributed by atoms with Gasteiger partial charge in [0, 0.05) is 0 Å². The van der Waals surface area contributed by atoms with Gasteiger partial charge in [-0.05, 0) is 0 Å². The highest BCUT2D eigenvalue weighted by molar-refractivity contribution is 6.06. The lowest BCUT2D eigenvalue weighted by atomic mass is 9.92. The fourth-order valence-electron chi connectivity index (χ4n) is 2.93. The number of ether oxygens (including phenoxy) is 4. The highest BCUT2D eigenvalue weighted by atomic mass is 19.2. The highest BCUT2D eigenvalue weighted by Crippen LogP contribution is 2.39. The third kappa shape index (κ3) is 3.91. The van der Waals surface area contributed by atoms with E-state index in [4.69, 9.17) is 0 Å². The van der Waals surface area contributed by atoms with Gasteiger partial charge >= 0.3 is 23.9 Å². The predicted molar refractivity (Wildman–Crippen MR) is 97.0 cm³/mol. The van der Waals surface area contributed by atoms with E-state index >= 15 is 8.78 Å². The minimum atomic E-state index is -2.47. The van der Waals surface area contributed by atoms with Gasteiger partial charge in [0.2, 0.25) is 0 Å². The molecule has 0 amide bonds. The Labute approximate surface area is 186 Å². The van der Waals surface area contributed by atoms with Crippen molar-refractivity contribution < 1.29 is 64.5 Å². The van der Waals surface area contributed by atoms with E-state index in [2.05, 4.69) is 18.9 Å². The standard InChI is InChI=1S/C20H12F6O8/c1-31-17(27)7-9(19(29)33-3)15(25)13(23)5(11(7)21)6-12(22)8(18(28)32-2)10(20(30)34-4)16(26)14(6)24/h1-4H3. The topological polar surface area (TPSA) is 105 Å². The number of carbonyl (C=O) groups is 4. The van der Waals surface area contributed by atoms with E-state index in [0.29, 0.717) is 28.4 Å². The molecule has 8 nitrogen and oxygen atoms in total. The lowest BCUT2D eigenvalue weighted by Crippen LogP contribution is -2.22. The Morgan fingerprint density at radius 2 is 0.618 bits per heavy atom. The van der Waals surface area contributed by atoms with Gasteiger partial charge < -0.3 is 18.9 Å². The number of esters is 4. The van der Waals surface area contributed by atoms with Crippen molar-refractivity contribution in [3.63, 3.8) is 0 Å². The highest BCUT2D eigenvalue weighted by Gasteiger charge is 2.40. The Balaban J connectivity index is 3.20. The smallest absolute Gasteiger partial charge is 0.341 e. The van der Waals surface area contributed by atoms with Crippen LogP contribution >= 0.6 is 0 Å². The zero-order chi connectivity index (χ0) is 26.1. The maximum Gasteiger partial charge on any atom is 0.341 e. The summed E-state index contributed by atoms with van der Waals surface area (Å²) in [5, 5.41) is 0. The van der Waals surface area contributed by atoms with Gasteiger partial charge in [-0.3, -0.25) is 0 Å². The van der Waals surface area contributed by atoms with Gasteiger partial charge in [-0.15, -0.1) is 0 Å². The molecular weight excluding hydrogens is 482 g/mol. The molecule has 34 heavy (non-hydrogen) atoms. The van der Waals surface area contributed by atoms with Crippen LogP contribution in [0.4, 0.5) is 26.3 Å². The zero-order valence-electron chi connectivity index (χ0n) is 17.5. The van der Waals surface area contributed by atoms with Crippen molar-refractivity contribution in [3.8, 4) is 11.1 Å². The maximum atomic E-state index is 15.2. The summed E-state index contributed by atoms with van der Waals surface area (Å²) in [4.78, 5) is 47.7. The first kappa shape index (κ1) is 26.2.